The van der Waals surface area contributed by atoms with Gasteiger partial charge in [-0.3, -0.25) is 27.9 Å². The normalized spacial score (nSPS) is 17.0. The first kappa shape index (κ1) is 19.4. The number of amides is 1. The molecule has 1 atom stereocenters. The van der Waals surface area contributed by atoms with Gasteiger partial charge < -0.3 is 9.88 Å². The number of fused-ring (bicyclic) bond motifs is 2. The van der Waals surface area contributed by atoms with E-state index in [1.165, 1.54) is 33.5 Å². The van der Waals surface area contributed by atoms with Crippen molar-refractivity contribution in [2.45, 2.75) is 18.8 Å². The second-order valence-corrected chi connectivity index (χ2v) is 8.52. The number of thiazole rings is 1. The lowest BCUT2D eigenvalue weighted by Crippen LogP contribution is -2.41. The van der Waals surface area contributed by atoms with Crippen LogP contribution in [-0.2, 0) is 14.1 Å². The number of nitrogens with one attached hydrogen (secondary N) is 1. The minimum Gasteiger partial charge on any atom is -0.338 e. The van der Waals surface area contributed by atoms with Crippen molar-refractivity contribution >= 4 is 33.4 Å². The molecule has 0 aromatic carbocycles. The van der Waals surface area contributed by atoms with E-state index in [2.05, 4.69) is 15.0 Å². The van der Waals surface area contributed by atoms with Crippen molar-refractivity contribution in [1.82, 2.24) is 33.4 Å². The van der Waals surface area contributed by atoms with Crippen molar-refractivity contribution in [1.29, 1.82) is 0 Å². The molecule has 0 spiro atoms. The fourth-order valence-electron chi connectivity index (χ4n) is 4.06. The van der Waals surface area contributed by atoms with Crippen LogP contribution in [0.5, 0.6) is 0 Å². The smallest absolute Gasteiger partial charge is 0.332 e. The largest absolute Gasteiger partial charge is 0.338 e. The second-order valence-electron chi connectivity index (χ2n) is 7.65. The molecule has 0 bridgehead atoms. The van der Waals surface area contributed by atoms with Gasteiger partial charge in [0.05, 0.1) is 0 Å². The Kier molecular flexibility index (Phi) is 4.39. The Labute approximate surface area is 178 Å². The molecular weight excluding hydrogens is 422 g/mol. The van der Waals surface area contributed by atoms with E-state index in [4.69, 9.17) is 0 Å². The predicted octanol–water partition coefficient (Wildman–Crippen LogP) is 0.0495. The topological polar surface area (TPSA) is 127 Å². The lowest BCUT2D eigenvalue weighted by molar-refractivity contribution is 0.0702. The minimum absolute atomic E-state index is 0.0254. The maximum absolute atomic E-state index is 13.1. The summed E-state index contributed by atoms with van der Waals surface area (Å²) in [4.78, 5) is 64.3. The number of piperidine rings is 1. The van der Waals surface area contributed by atoms with E-state index in [-0.39, 0.29) is 34.1 Å². The van der Waals surface area contributed by atoms with E-state index in [9.17, 15) is 19.2 Å². The molecule has 31 heavy (non-hydrogen) atoms. The zero-order valence-corrected chi connectivity index (χ0v) is 17.7. The minimum atomic E-state index is -0.451. The standard InChI is InChI=1S/C19H19N7O4S/c1-23-14-12(17(29)24(2)19(23)30)21-13(22-14)10-4-3-5-25(9-10)15(27)11-8-20-18-26(16(11)28)6-7-31-18/h6-8,10H,3-5,9H2,1-2H3,(H,21,22). The van der Waals surface area contributed by atoms with E-state index < -0.39 is 11.2 Å². The Hall–Kier alpha value is -3.54. The molecule has 4 aromatic rings. The van der Waals surface area contributed by atoms with Gasteiger partial charge in [0, 0.05) is 50.9 Å². The van der Waals surface area contributed by atoms with Crippen LogP contribution in [0.2, 0.25) is 0 Å². The molecule has 160 valence electrons. The summed E-state index contributed by atoms with van der Waals surface area (Å²) in [6, 6.07) is 0. The van der Waals surface area contributed by atoms with E-state index in [0.29, 0.717) is 23.9 Å². The van der Waals surface area contributed by atoms with Gasteiger partial charge in [-0.2, -0.15) is 0 Å². The molecule has 1 aliphatic rings. The highest BCUT2D eigenvalue weighted by Crippen LogP contribution is 2.26. The molecule has 4 aromatic heterocycles. The zero-order chi connectivity index (χ0) is 21.9. The highest BCUT2D eigenvalue weighted by atomic mass is 32.1. The number of nitrogens with zero attached hydrogens (tertiary/aromatic N) is 6. The third kappa shape index (κ3) is 2.93. The molecule has 5 heterocycles. The maximum atomic E-state index is 13.1. The van der Waals surface area contributed by atoms with E-state index in [1.807, 2.05) is 0 Å². The summed E-state index contributed by atoms with van der Waals surface area (Å²) >= 11 is 1.32. The quantitative estimate of drug-likeness (QED) is 0.468. The Bertz CT molecular complexity index is 1520. The molecule has 1 fully saturated rings. The van der Waals surface area contributed by atoms with Gasteiger partial charge in [0.15, 0.2) is 10.6 Å². The van der Waals surface area contributed by atoms with E-state index in [0.717, 1.165) is 17.4 Å². The number of carbonyl (C=O) groups is 1. The Balaban J connectivity index is 1.48. The molecule has 5 rings (SSSR count). The third-order valence-corrected chi connectivity index (χ3v) is 6.55. The summed E-state index contributed by atoms with van der Waals surface area (Å²) in [5.41, 5.74) is -0.708. The third-order valence-electron chi connectivity index (χ3n) is 5.78. The molecule has 1 amide bonds. The average Bonchev–Trinajstić information content (AvgIpc) is 3.44. The predicted molar refractivity (Wildman–Crippen MR) is 114 cm³/mol. The summed E-state index contributed by atoms with van der Waals surface area (Å²) in [6.45, 7) is 0.861. The Morgan fingerprint density at radius 1 is 1.19 bits per heavy atom. The molecule has 0 aliphatic carbocycles. The first-order chi connectivity index (χ1) is 14.9. The fourth-order valence-corrected chi connectivity index (χ4v) is 4.74. The fraction of sp³-hybridized carbons (Fsp3) is 0.368. The summed E-state index contributed by atoms with van der Waals surface area (Å²) in [5, 5.41) is 1.74. The van der Waals surface area contributed by atoms with Crippen molar-refractivity contribution in [3.63, 3.8) is 0 Å². The summed E-state index contributed by atoms with van der Waals surface area (Å²) in [7, 11) is 2.98. The Morgan fingerprint density at radius 2 is 2.00 bits per heavy atom. The van der Waals surface area contributed by atoms with Crippen molar-refractivity contribution in [3.8, 4) is 0 Å². The molecule has 1 aliphatic heterocycles. The van der Waals surface area contributed by atoms with Gasteiger partial charge >= 0.3 is 5.69 Å². The molecule has 1 N–H and O–H groups in total. The van der Waals surface area contributed by atoms with Crippen LogP contribution in [0.4, 0.5) is 0 Å². The molecule has 1 saturated heterocycles. The molecular formula is C19H19N7O4S. The monoisotopic (exact) mass is 441 g/mol. The van der Waals surface area contributed by atoms with Crippen LogP contribution in [-0.4, -0.2) is 52.4 Å². The van der Waals surface area contributed by atoms with Crippen molar-refractivity contribution in [2.24, 2.45) is 14.1 Å². The molecule has 0 saturated carbocycles. The highest BCUT2D eigenvalue weighted by molar-refractivity contribution is 7.15. The first-order valence-corrected chi connectivity index (χ1v) is 10.6. The number of H-pyrrole nitrogens is 1. The number of aromatic amines is 1. The average molecular weight is 441 g/mol. The van der Waals surface area contributed by atoms with Gasteiger partial charge in [-0.1, -0.05) is 0 Å². The van der Waals surface area contributed by atoms with E-state index >= 15 is 0 Å². The number of imidazole rings is 1. The molecule has 0 radical (unpaired) electrons. The van der Waals surface area contributed by atoms with Gasteiger partial charge in [0.2, 0.25) is 0 Å². The summed E-state index contributed by atoms with van der Waals surface area (Å²) in [5.74, 6) is 0.0293. The number of hydrogen-bond acceptors (Lipinski definition) is 7. The number of carbonyl (C=O) groups excluding carboxylic acids is 1. The molecule has 1 unspecified atom stereocenters. The van der Waals surface area contributed by atoms with Gasteiger partial charge in [-0.05, 0) is 12.8 Å². The second kappa shape index (κ2) is 7.01. The highest BCUT2D eigenvalue weighted by Gasteiger charge is 2.29. The van der Waals surface area contributed by atoms with Gasteiger partial charge in [0.25, 0.3) is 17.0 Å². The number of likely N-dealkylation sites (tertiary alicyclic amines) is 1. The van der Waals surface area contributed by atoms with Crippen LogP contribution in [0.3, 0.4) is 0 Å². The molecule has 12 heteroatoms. The van der Waals surface area contributed by atoms with Gasteiger partial charge in [-0.15, -0.1) is 11.3 Å². The van der Waals surface area contributed by atoms with Crippen molar-refractivity contribution in [3.05, 3.63) is 60.4 Å². The SMILES string of the molecule is Cn1c(=O)c2[nH]c(C3CCCN(C(=O)c4cnc5sccn5c4=O)C3)nc2n(C)c1=O. The van der Waals surface area contributed by atoms with Crippen LogP contribution < -0.4 is 16.8 Å². The lowest BCUT2D eigenvalue weighted by atomic mass is 9.97. The first-order valence-electron chi connectivity index (χ1n) is 9.76. The van der Waals surface area contributed by atoms with Crippen LogP contribution in [0.25, 0.3) is 16.1 Å². The number of aryl methyl sites for hydroxylation is 1. The van der Waals surface area contributed by atoms with Crippen LogP contribution in [0, 0.1) is 0 Å². The van der Waals surface area contributed by atoms with E-state index in [1.54, 1.807) is 23.5 Å². The molecule has 11 nitrogen and oxygen atoms in total. The van der Waals surface area contributed by atoms with Crippen LogP contribution in [0.1, 0.15) is 34.9 Å². The van der Waals surface area contributed by atoms with Crippen LogP contribution >= 0.6 is 11.3 Å². The summed E-state index contributed by atoms with van der Waals surface area (Å²) < 4.78 is 3.72. The van der Waals surface area contributed by atoms with Gasteiger partial charge in [-0.25, -0.2) is 14.8 Å². The number of hydrogen-bond donors (Lipinski definition) is 1. The van der Waals surface area contributed by atoms with Crippen molar-refractivity contribution in [2.75, 3.05) is 13.1 Å². The number of rotatable bonds is 2. The number of aromatic nitrogens is 6. The zero-order valence-electron chi connectivity index (χ0n) is 16.9. The van der Waals surface area contributed by atoms with Crippen molar-refractivity contribution < 1.29 is 4.79 Å². The lowest BCUT2D eigenvalue weighted by Gasteiger charge is -2.31. The van der Waals surface area contributed by atoms with Gasteiger partial charge in [0.1, 0.15) is 16.9 Å². The maximum Gasteiger partial charge on any atom is 0.332 e. The van der Waals surface area contributed by atoms with Crippen LogP contribution in [0.15, 0.2) is 32.2 Å². The summed E-state index contributed by atoms with van der Waals surface area (Å²) in [6.07, 6.45) is 4.42. The Morgan fingerprint density at radius 3 is 2.81 bits per heavy atom.